The summed E-state index contributed by atoms with van der Waals surface area (Å²) in [5, 5.41) is 7.11. The number of aromatic nitrogens is 2. The lowest BCUT2D eigenvalue weighted by molar-refractivity contribution is -0.125. The number of rotatable bonds is 8. The van der Waals surface area contributed by atoms with Crippen LogP contribution >= 0.6 is 0 Å². The Morgan fingerprint density at radius 3 is 2.38 bits per heavy atom. The van der Waals surface area contributed by atoms with Gasteiger partial charge in [-0.25, -0.2) is 9.48 Å². The van der Waals surface area contributed by atoms with Gasteiger partial charge in [0.15, 0.2) is 6.61 Å². The standard InChI is InChI=1S/C23H25N3O3/c1-17(2)15-21(18-7-4-3-5-8-18)25-22(27)16-29-23(28)19-9-11-20(12-10-19)26-14-6-13-24-26/h3-14,17,21H,15-16H2,1-2H3,(H,25,27)/t21-/m1/s1. The van der Waals surface area contributed by atoms with Crippen LogP contribution in [0.15, 0.2) is 73.1 Å². The molecule has 0 aliphatic heterocycles. The van der Waals surface area contributed by atoms with E-state index >= 15 is 0 Å². The zero-order chi connectivity index (χ0) is 20.6. The minimum Gasteiger partial charge on any atom is -0.452 e. The number of ether oxygens (including phenoxy) is 1. The van der Waals surface area contributed by atoms with Crippen molar-refractivity contribution in [3.05, 3.63) is 84.2 Å². The van der Waals surface area contributed by atoms with E-state index in [1.165, 1.54) is 0 Å². The Labute approximate surface area is 170 Å². The van der Waals surface area contributed by atoms with Crippen LogP contribution in [0.2, 0.25) is 0 Å². The minimum atomic E-state index is -0.535. The van der Waals surface area contributed by atoms with Crippen LogP contribution in [0.25, 0.3) is 5.69 Å². The molecular formula is C23H25N3O3. The van der Waals surface area contributed by atoms with E-state index in [0.29, 0.717) is 11.5 Å². The van der Waals surface area contributed by atoms with Gasteiger partial charge in [-0.3, -0.25) is 4.79 Å². The van der Waals surface area contributed by atoms with Gasteiger partial charge in [0.05, 0.1) is 17.3 Å². The fourth-order valence-corrected chi connectivity index (χ4v) is 3.06. The van der Waals surface area contributed by atoms with Gasteiger partial charge in [-0.1, -0.05) is 44.2 Å². The monoisotopic (exact) mass is 391 g/mol. The van der Waals surface area contributed by atoms with E-state index in [2.05, 4.69) is 24.3 Å². The second-order valence-corrected chi connectivity index (χ2v) is 7.23. The molecule has 150 valence electrons. The van der Waals surface area contributed by atoms with Crippen molar-refractivity contribution in [1.29, 1.82) is 0 Å². The summed E-state index contributed by atoms with van der Waals surface area (Å²) in [5.41, 5.74) is 2.26. The van der Waals surface area contributed by atoms with Gasteiger partial charge in [0.1, 0.15) is 0 Å². The van der Waals surface area contributed by atoms with E-state index in [1.54, 1.807) is 35.1 Å². The maximum Gasteiger partial charge on any atom is 0.338 e. The first kappa shape index (κ1) is 20.3. The van der Waals surface area contributed by atoms with Gasteiger partial charge in [-0.05, 0) is 48.2 Å². The molecule has 0 saturated carbocycles. The van der Waals surface area contributed by atoms with Crippen LogP contribution in [-0.4, -0.2) is 28.3 Å². The number of amides is 1. The summed E-state index contributed by atoms with van der Waals surface area (Å²) in [6.45, 7) is 3.89. The third kappa shape index (κ3) is 5.78. The van der Waals surface area contributed by atoms with Crippen molar-refractivity contribution in [2.75, 3.05) is 6.61 Å². The van der Waals surface area contributed by atoms with E-state index in [-0.39, 0.29) is 18.6 Å². The summed E-state index contributed by atoms with van der Waals surface area (Å²) in [7, 11) is 0. The Balaban J connectivity index is 1.55. The van der Waals surface area contributed by atoms with Gasteiger partial charge in [0.2, 0.25) is 0 Å². The average Bonchev–Trinajstić information content (AvgIpc) is 3.27. The number of carbonyl (C=O) groups excluding carboxylic acids is 2. The molecule has 0 saturated heterocycles. The van der Waals surface area contributed by atoms with Gasteiger partial charge in [-0.15, -0.1) is 0 Å². The Bertz CT molecular complexity index is 920. The number of esters is 1. The Hall–Kier alpha value is -3.41. The fraction of sp³-hybridized carbons (Fsp3) is 0.261. The molecule has 0 unspecified atom stereocenters. The molecule has 1 heterocycles. The van der Waals surface area contributed by atoms with Gasteiger partial charge in [0, 0.05) is 12.4 Å². The minimum absolute atomic E-state index is 0.115. The third-order valence-corrected chi connectivity index (χ3v) is 4.45. The lowest BCUT2D eigenvalue weighted by atomic mass is 9.97. The molecule has 3 aromatic rings. The van der Waals surface area contributed by atoms with Crippen LogP contribution in [0, 0.1) is 5.92 Å². The quantitative estimate of drug-likeness (QED) is 0.591. The van der Waals surface area contributed by atoms with Gasteiger partial charge in [-0.2, -0.15) is 5.10 Å². The van der Waals surface area contributed by atoms with Crippen molar-refractivity contribution in [3.63, 3.8) is 0 Å². The van der Waals surface area contributed by atoms with Gasteiger partial charge < -0.3 is 10.1 Å². The molecule has 0 bridgehead atoms. The fourth-order valence-electron chi connectivity index (χ4n) is 3.06. The van der Waals surface area contributed by atoms with Crippen molar-refractivity contribution < 1.29 is 14.3 Å². The molecule has 0 radical (unpaired) electrons. The maximum atomic E-state index is 12.4. The number of nitrogens with one attached hydrogen (secondary N) is 1. The van der Waals surface area contributed by atoms with E-state index in [1.807, 2.05) is 42.6 Å². The summed E-state index contributed by atoms with van der Waals surface area (Å²) >= 11 is 0. The second-order valence-electron chi connectivity index (χ2n) is 7.23. The Morgan fingerprint density at radius 1 is 1.03 bits per heavy atom. The zero-order valence-corrected chi connectivity index (χ0v) is 16.6. The predicted molar refractivity (Wildman–Crippen MR) is 111 cm³/mol. The SMILES string of the molecule is CC(C)C[C@@H](NC(=O)COC(=O)c1ccc(-n2cccn2)cc1)c1ccccc1. The van der Waals surface area contributed by atoms with Gasteiger partial charge in [0.25, 0.3) is 5.91 Å². The molecule has 29 heavy (non-hydrogen) atoms. The zero-order valence-electron chi connectivity index (χ0n) is 16.6. The van der Waals surface area contributed by atoms with E-state index in [4.69, 9.17) is 4.74 Å². The molecule has 2 aromatic carbocycles. The molecule has 0 aliphatic carbocycles. The molecule has 1 N–H and O–H groups in total. The number of benzene rings is 2. The van der Waals surface area contributed by atoms with Crippen LogP contribution in [-0.2, 0) is 9.53 Å². The van der Waals surface area contributed by atoms with Crippen molar-refractivity contribution in [2.45, 2.75) is 26.3 Å². The van der Waals surface area contributed by atoms with Crippen LogP contribution < -0.4 is 5.32 Å². The van der Waals surface area contributed by atoms with Crippen LogP contribution in [0.4, 0.5) is 0 Å². The van der Waals surface area contributed by atoms with E-state index < -0.39 is 5.97 Å². The van der Waals surface area contributed by atoms with Crippen molar-refractivity contribution in [1.82, 2.24) is 15.1 Å². The topological polar surface area (TPSA) is 73.2 Å². The third-order valence-electron chi connectivity index (χ3n) is 4.45. The highest BCUT2D eigenvalue weighted by Gasteiger charge is 2.17. The molecule has 1 amide bonds. The summed E-state index contributed by atoms with van der Waals surface area (Å²) in [5.74, 6) is -0.440. The number of hydrogen-bond acceptors (Lipinski definition) is 4. The molecule has 0 spiro atoms. The highest BCUT2D eigenvalue weighted by atomic mass is 16.5. The first-order valence-corrected chi connectivity index (χ1v) is 9.64. The number of nitrogens with zero attached hydrogens (tertiary/aromatic N) is 2. The molecule has 1 aromatic heterocycles. The van der Waals surface area contributed by atoms with Crippen LogP contribution in [0.3, 0.4) is 0 Å². The summed E-state index contributed by atoms with van der Waals surface area (Å²) in [6.07, 6.45) is 4.30. The average molecular weight is 391 g/mol. The number of carbonyl (C=O) groups is 2. The lowest BCUT2D eigenvalue weighted by Gasteiger charge is -2.21. The normalized spacial score (nSPS) is 11.8. The molecule has 6 heteroatoms. The first-order chi connectivity index (χ1) is 14.0. The number of hydrogen-bond donors (Lipinski definition) is 1. The molecule has 0 aliphatic rings. The van der Waals surface area contributed by atoms with Crippen molar-refractivity contribution in [3.8, 4) is 5.69 Å². The molecular weight excluding hydrogens is 366 g/mol. The summed E-state index contributed by atoms with van der Waals surface area (Å²) in [6, 6.07) is 18.4. The second kappa shape index (κ2) is 9.68. The molecule has 0 fully saturated rings. The van der Waals surface area contributed by atoms with Crippen LogP contribution in [0.1, 0.15) is 42.2 Å². The first-order valence-electron chi connectivity index (χ1n) is 9.64. The van der Waals surface area contributed by atoms with E-state index in [0.717, 1.165) is 17.7 Å². The highest BCUT2D eigenvalue weighted by molar-refractivity contribution is 5.91. The highest BCUT2D eigenvalue weighted by Crippen LogP contribution is 2.21. The Kier molecular flexibility index (Phi) is 6.79. The lowest BCUT2D eigenvalue weighted by Crippen LogP contribution is -2.33. The van der Waals surface area contributed by atoms with Gasteiger partial charge >= 0.3 is 5.97 Å². The predicted octanol–water partition coefficient (Wildman–Crippen LogP) is 3.93. The molecule has 3 rings (SSSR count). The summed E-state index contributed by atoms with van der Waals surface area (Å²) in [4.78, 5) is 24.6. The van der Waals surface area contributed by atoms with Crippen molar-refractivity contribution in [2.24, 2.45) is 5.92 Å². The largest absolute Gasteiger partial charge is 0.452 e. The van der Waals surface area contributed by atoms with Crippen LogP contribution in [0.5, 0.6) is 0 Å². The smallest absolute Gasteiger partial charge is 0.338 e. The Morgan fingerprint density at radius 2 is 1.76 bits per heavy atom. The molecule has 6 nitrogen and oxygen atoms in total. The van der Waals surface area contributed by atoms with Crippen molar-refractivity contribution >= 4 is 11.9 Å². The maximum absolute atomic E-state index is 12.4. The summed E-state index contributed by atoms with van der Waals surface area (Å²) < 4.78 is 6.88. The molecule has 1 atom stereocenters. The van der Waals surface area contributed by atoms with E-state index in [9.17, 15) is 9.59 Å².